The van der Waals surface area contributed by atoms with Crippen LogP contribution in [0.4, 0.5) is 0 Å². The van der Waals surface area contributed by atoms with Crippen LogP contribution in [0.2, 0.25) is 0 Å². The summed E-state index contributed by atoms with van der Waals surface area (Å²) in [7, 11) is 0. The molecular formula is C12H22N2O2. The molecule has 0 aromatic rings. The van der Waals surface area contributed by atoms with Crippen LogP contribution in [0.5, 0.6) is 0 Å². The minimum atomic E-state index is -0.658. The van der Waals surface area contributed by atoms with Crippen molar-refractivity contribution in [3.63, 3.8) is 0 Å². The number of nitrogens with zero attached hydrogens (tertiary/aromatic N) is 1. The van der Waals surface area contributed by atoms with E-state index in [1.165, 1.54) is 0 Å². The Bertz CT molecular complexity index is 256. The predicted octanol–water partition coefficient (Wildman–Crippen LogP) is 1.19. The zero-order valence-electron chi connectivity index (χ0n) is 9.93. The molecule has 3 unspecified atom stereocenters. The molecule has 0 amide bonds. The normalized spacial score (nSPS) is 36.2. The maximum atomic E-state index is 11.3. The lowest BCUT2D eigenvalue weighted by molar-refractivity contribution is -0.145. The minimum absolute atomic E-state index is 0.282. The fourth-order valence-electron chi connectivity index (χ4n) is 3.44. The highest BCUT2D eigenvalue weighted by molar-refractivity contribution is 5.73. The summed E-state index contributed by atoms with van der Waals surface area (Å²) in [6, 6.07) is 0.836. The van der Waals surface area contributed by atoms with Gasteiger partial charge in [-0.25, -0.2) is 0 Å². The molecule has 2 rings (SSSR count). The highest BCUT2D eigenvalue weighted by atomic mass is 16.4. The summed E-state index contributed by atoms with van der Waals surface area (Å²) in [4.78, 5) is 13.6. The highest BCUT2D eigenvalue weighted by Gasteiger charge is 2.44. The molecular weight excluding hydrogens is 204 g/mol. The molecule has 2 heterocycles. The van der Waals surface area contributed by atoms with E-state index in [1.807, 2.05) is 6.92 Å². The second-order valence-electron chi connectivity index (χ2n) is 5.21. The smallest absolute Gasteiger partial charge is 0.320 e. The molecule has 0 aliphatic carbocycles. The first-order chi connectivity index (χ1) is 7.63. The number of piperidine rings is 1. The molecule has 0 aromatic heterocycles. The van der Waals surface area contributed by atoms with Crippen LogP contribution in [0.15, 0.2) is 0 Å². The van der Waals surface area contributed by atoms with Crippen LogP contribution in [0.25, 0.3) is 0 Å². The van der Waals surface area contributed by atoms with E-state index in [-0.39, 0.29) is 12.1 Å². The summed E-state index contributed by atoms with van der Waals surface area (Å²) in [5.74, 6) is -0.658. The van der Waals surface area contributed by atoms with Crippen molar-refractivity contribution < 1.29 is 9.90 Å². The molecule has 0 saturated carbocycles. The molecule has 4 heteroatoms. The maximum Gasteiger partial charge on any atom is 0.320 e. The van der Waals surface area contributed by atoms with Crippen molar-refractivity contribution in [2.24, 2.45) is 5.73 Å². The largest absolute Gasteiger partial charge is 0.480 e. The molecule has 2 bridgehead atoms. The Morgan fingerprint density at radius 2 is 2.00 bits per heavy atom. The summed E-state index contributed by atoms with van der Waals surface area (Å²) in [5.41, 5.74) is 5.99. The number of carboxylic acids is 1. The Morgan fingerprint density at radius 1 is 1.44 bits per heavy atom. The summed E-state index contributed by atoms with van der Waals surface area (Å²) in [5, 5.41) is 9.31. The highest BCUT2D eigenvalue weighted by Crippen LogP contribution is 2.37. The molecule has 2 fully saturated rings. The van der Waals surface area contributed by atoms with Gasteiger partial charge in [-0.2, -0.15) is 0 Å². The van der Waals surface area contributed by atoms with Gasteiger partial charge in [0.05, 0.1) is 0 Å². The quantitative estimate of drug-likeness (QED) is 0.755. The summed E-state index contributed by atoms with van der Waals surface area (Å²) < 4.78 is 0. The van der Waals surface area contributed by atoms with E-state index in [4.69, 9.17) is 5.73 Å². The van der Waals surface area contributed by atoms with Gasteiger partial charge >= 0.3 is 5.97 Å². The van der Waals surface area contributed by atoms with E-state index in [1.54, 1.807) is 0 Å². The van der Waals surface area contributed by atoms with Gasteiger partial charge in [0.1, 0.15) is 6.04 Å². The van der Waals surface area contributed by atoms with Gasteiger partial charge in [-0.3, -0.25) is 9.69 Å². The van der Waals surface area contributed by atoms with Gasteiger partial charge in [-0.1, -0.05) is 13.3 Å². The van der Waals surface area contributed by atoms with Crippen LogP contribution in [0, 0.1) is 0 Å². The van der Waals surface area contributed by atoms with Crippen LogP contribution in [-0.2, 0) is 4.79 Å². The Hall–Kier alpha value is -0.610. The minimum Gasteiger partial charge on any atom is -0.480 e. The zero-order chi connectivity index (χ0) is 11.7. The van der Waals surface area contributed by atoms with Gasteiger partial charge in [0.25, 0.3) is 0 Å². The standard InChI is InChI=1S/C12H22N2O2/c1-2-3-11(12(15)16)14-9-4-5-10(14)7-8(13)6-9/h8-11H,2-7,13H2,1H3,(H,15,16). The van der Waals surface area contributed by atoms with E-state index >= 15 is 0 Å². The molecule has 4 nitrogen and oxygen atoms in total. The van der Waals surface area contributed by atoms with Crippen molar-refractivity contribution >= 4 is 5.97 Å². The number of hydrogen-bond donors (Lipinski definition) is 2. The molecule has 3 atom stereocenters. The zero-order valence-corrected chi connectivity index (χ0v) is 9.93. The number of carboxylic acid groups (broad SMARTS) is 1. The second-order valence-corrected chi connectivity index (χ2v) is 5.21. The summed E-state index contributed by atoms with van der Waals surface area (Å²) in [6.07, 6.45) is 5.91. The molecule has 0 spiro atoms. The number of hydrogen-bond acceptors (Lipinski definition) is 3. The summed E-state index contributed by atoms with van der Waals surface area (Å²) in [6.45, 7) is 2.05. The lowest BCUT2D eigenvalue weighted by Gasteiger charge is -2.41. The van der Waals surface area contributed by atoms with Crippen LogP contribution in [-0.4, -0.2) is 40.1 Å². The van der Waals surface area contributed by atoms with E-state index < -0.39 is 5.97 Å². The Balaban J connectivity index is 2.11. The van der Waals surface area contributed by atoms with E-state index in [0.29, 0.717) is 12.1 Å². The second kappa shape index (κ2) is 4.72. The first-order valence-electron chi connectivity index (χ1n) is 6.39. The Kier molecular flexibility index (Phi) is 3.50. The van der Waals surface area contributed by atoms with Gasteiger partial charge in [-0.15, -0.1) is 0 Å². The third-order valence-electron chi connectivity index (χ3n) is 4.03. The van der Waals surface area contributed by atoms with Gasteiger partial charge in [0.2, 0.25) is 0 Å². The number of aliphatic carboxylic acids is 1. The maximum absolute atomic E-state index is 11.3. The average Bonchev–Trinajstić information content (AvgIpc) is 2.46. The van der Waals surface area contributed by atoms with Crippen molar-refractivity contribution in [3.8, 4) is 0 Å². The van der Waals surface area contributed by atoms with Crippen molar-refractivity contribution in [2.75, 3.05) is 0 Å². The molecule has 16 heavy (non-hydrogen) atoms. The van der Waals surface area contributed by atoms with Gasteiger partial charge in [0.15, 0.2) is 0 Å². The number of carbonyl (C=O) groups is 1. The van der Waals surface area contributed by atoms with Gasteiger partial charge in [-0.05, 0) is 32.1 Å². The van der Waals surface area contributed by atoms with E-state index in [2.05, 4.69) is 4.90 Å². The van der Waals surface area contributed by atoms with Crippen LogP contribution < -0.4 is 5.73 Å². The van der Waals surface area contributed by atoms with Crippen LogP contribution in [0.3, 0.4) is 0 Å². The number of fused-ring (bicyclic) bond motifs is 2. The molecule has 92 valence electrons. The topological polar surface area (TPSA) is 66.6 Å². The average molecular weight is 226 g/mol. The lowest BCUT2D eigenvalue weighted by atomic mass is 9.95. The van der Waals surface area contributed by atoms with E-state index in [9.17, 15) is 9.90 Å². The fraction of sp³-hybridized carbons (Fsp3) is 0.917. The SMILES string of the molecule is CCCC(C(=O)O)N1C2CCC1CC(N)C2. The lowest BCUT2D eigenvalue weighted by Crippen LogP contribution is -2.54. The van der Waals surface area contributed by atoms with Gasteiger partial charge in [0, 0.05) is 18.1 Å². The van der Waals surface area contributed by atoms with Crippen molar-refractivity contribution in [1.82, 2.24) is 4.90 Å². The Morgan fingerprint density at radius 3 is 2.44 bits per heavy atom. The third-order valence-corrected chi connectivity index (χ3v) is 4.03. The molecule has 3 N–H and O–H groups in total. The van der Waals surface area contributed by atoms with Crippen molar-refractivity contribution in [1.29, 1.82) is 0 Å². The predicted molar refractivity (Wildman–Crippen MR) is 62.2 cm³/mol. The van der Waals surface area contributed by atoms with Crippen LogP contribution in [0.1, 0.15) is 45.4 Å². The number of rotatable bonds is 4. The molecule has 2 aliphatic rings. The van der Waals surface area contributed by atoms with Crippen molar-refractivity contribution in [2.45, 2.75) is 69.6 Å². The monoisotopic (exact) mass is 226 g/mol. The van der Waals surface area contributed by atoms with Crippen molar-refractivity contribution in [3.05, 3.63) is 0 Å². The number of nitrogens with two attached hydrogens (primary N) is 1. The first-order valence-corrected chi connectivity index (χ1v) is 6.39. The van der Waals surface area contributed by atoms with E-state index in [0.717, 1.165) is 38.5 Å². The molecule has 0 radical (unpaired) electrons. The fourth-order valence-corrected chi connectivity index (χ4v) is 3.44. The molecule has 2 aliphatic heterocycles. The molecule has 2 saturated heterocycles. The third kappa shape index (κ3) is 2.09. The summed E-state index contributed by atoms with van der Waals surface area (Å²) >= 11 is 0. The van der Waals surface area contributed by atoms with Gasteiger partial charge < -0.3 is 10.8 Å². The van der Waals surface area contributed by atoms with Crippen LogP contribution >= 0.6 is 0 Å². The molecule has 0 aromatic carbocycles. The first kappa shape index (κ1) is 11.9. The Labute approximate surface area is 96.8 Å².